The highest BCUT2D eigenvalue weighted by Crippen LogP contribution is 2.31. The highest BCUT2D eigenvalue weighted by atomic mass is 19.1. The maximum atomic E-state index is 13.8. The molecule has 0 bridgehead atoms. The summed E-state index contributed by atoms with van der Waals surface area (Å²) in [5.74, 6) is -2.20. The van der Waals surface area contributed by atoms with E-state index in [1.165, 1.54) is 30.6 Å². The molecule has 0 aliphatic heterocycles. The van der Waals surface area contributed by atoms with Gasteiger partial charge in [0.1, 0.15) is 11.4 Å². The molecule has 9 nitrogen and oxygen atoms in total. The van der Waals surface area contributed by atoms with Gasteiger partial charge in [0.25, 0.3) is 11.8 Å². The van der Waals surface area contributed by atoms with Crippen LogP contribution in [-0.4, -0.2) is 37.3 Å². The molecule has 156 valence electrons. The van der Waals surface area contributed by atoms with Crippen LogP contribution in [0.2, 0.25) is 0 Å². The second-order valence-corrected chi connectivity index (χ2v) is 7.03. The second kappa shape index (κ2) is 8.68. The van der Waals surface area contributed by atoms with Crippen LogP contribution in [-0.2, 0) is 0 Å². The lowest BCUT2D eigenvalue weighted by molar-refractivity contribution is 0.0922. The molecule has 3 aromatic rings. The van der Waals surface area contributed by atoms with Gasteiger partial charge in [-0.1, -0.05) is 13.8 Å². The molecule has 2 heterocycles. The summed E-state index contributed by atoms with van der Waals surface area (Å²) in [7, 11) is 0. The molecule has 3 rings (SSSR count). The Balaban J connectivity index is 1.87. The van der Waals surface area contributed by atoms with Gasteiger partial charge in [0.05, 0.1) is 29.7 Å². The van der Waals surface area contributed by atoms with Crippen LogP contribution in [0.3, 0.4) is 0 Å². The van der Waals surface area contributed by atoms with Crippen molar-refractivity contribution in [2.45, 2.75) is 26.8 Å². The normalized spacial score (nSPS) is 11.9. The zero-order valence-corrected chi connectivity index (χ0v) is 16.6. The predicted octanol–water partition coefficient (Wildman–Crippen LogP) is 2.73. The summed E-state index contributed by atoms with van der Waals surface area (Å²) in [6.45, 7) is 5.43. The van der Waals surface area contributed by atoms with Gasteiger partial charge in [-0.2, -0.15) is 15.4 Å². The number of aromatic amines is 1. The molecule has 30 heavy (non-hydrogen) atoms. The van der Waals surface area contributed by atoms with Gasteiger partial charge in [-0.3, -0.25) is 14.6 Å². The lowest BCUT2D eigenvalue weighted by atomic mass is 9.99. The minimum absolute atomic E-state index is 0.0198. The zero-order valence-electron chi connectivity index (χ0n) is 16.6. The van der Waals surface area contributed by atoms with E-state index >= 15 is 0 Å². The smallest absolute Gasteiger partial charge is 0.258 e. The fourth-order valence-electron chi connectivity index (χ4n) is 3.00. The SMILES string of the molecule is Cc1c(C(=O)N[C@@H](c2cn[nH]n2)C(C)C)ccc(O)c1NC(=O)c1ccncc1F. The van der Waals surface area contributed by atoms with Crippen LogP contribution in [0.5, 0.6) is 5.75 Å². The Bertz CT molecular complexity index is 1070. The minimum Gasteiger partial charge on any atom is -0.506 e. The van der Waals surface area contributed by atoms with Crippen LogP contribution in [0, 0.1) is 18.7 Å². The van der Waals surface area contributed by atoms with Crippen LogP contribution < -0.4 is 10.6 Å². The van der Waals surface area contributed by atoms with E-state index in [-0.39, 0.29) is 28.5 Å². The Labute approximate surface area is 171 Å². The topological polar surface area (TPSA) is 133 Å². The molecule has 0 spiro atoms. The van der Waals surface area contributed by atoms with E-state index in [1.54, 1.807) is 6.92 Å². The molecule has 4 N–H and O–H groups in total. The number of phenols is 1. The zero-order chi connectivity index (χ0) is 21.8. The van der Waals surface area contributed by atoms with Crippen molar-refractivity contribution in [1.29, 1.82) is 0 Å². The van der Waals surface area contributed by atoms with Crippen molar-refractivity contribution in [2.75, 3.05) is 5.32 Å². The summed E-state index contributed by atoms with van der Waals surface area (Å²) in [4.78, 5) is 29.0. The van der Waals surface area contributed by atoms with E-state index in [1.807, 2.05) is 13.8 Å². The molecule has 2 amide bonds. The molecule has 0 aliphatic carbocycles. The van der Waals surface area contributed by atoms with Crippen molar-refractivity contribution in [2.24, 2.45) is 5.92 Å². The number of hydrogen-bond acceptors (Lipinski definition) is 6. The third-order valence-electron chi connectivity index (χ3n) is 4.65. The van der Waals surface area contributed by atoms with E-state index in [2.05, 4.69) is 31.0 Å². The Kier molecular flexibility index (Phi) is 6.05. The molecule has 0 fully saturated rings. The number of amides is 2. The van der Waals surface area contributed by atoms with Gasteiger partial charge in [0, 0.05) is 11.8 Å². The third kappa shape index (κ3) is 4.27. The number of H-pyrrole nitrogens is 1. The number of aromatic hydroxyl groups is 1. The molecule has 0 saturated carbocycles. The summed E-state index contributed by atoms with van der Waals surface area (Å²) >= 11 is 0. The van der Waals surface area contributed by atoms with Crippen molar-refractivity contribution < 1.29 is 19.1 Å². The summed E-state index contributed by atoms with van der Waals surface area (Å²) in [5, 5.41) is 25.9. The Morgan fingerprint density at radius 2 is 1.90 bits per heavy atom. The number of aromatic nitrogens is 4. The first-order chi connectivity index (χ1) is 14.3. The predicted molar refractivity (Wildman–Crippen MR) is 106 cm³/mol. The van der Waals surface area contributed by atoms with Gasteiger partial charge in [-0.15, -0.1) is 0 Å². The van der Waals surface area contributed by atoms with Gasteiger partial charge in [-0.05, 0) is 36.6 Å². The molecule has 0 radical (unpaired) electrons. The fraction of sp³-hybridized carbons (Fsp3) is 0.250. The van der Waals surface area contributed by atoms with Crippen molar-refractivity contribution >= 4 is 17.5 Å². The minimum atomic E-state index is -0.798. The number of rotatable bonds is 6. The number of phenolic OH excluding ortho intramolecular Hbond substituents is 1. The van der Waals surface area contributed by atoms with Gasteiger partial charge >= 0.3 is 0 Å². The third-order valence-corrected chi connectivity index (χ3v) is 4.65. The Morgan fingerprint density at radius 3 is 2.53 bits per heavy atom. The van der Waals surface area contributed by atoms with Crippen LogP contribution in [0.25, 0.3) is 0 Å². The number of pyridine rings is 1. The summed E-state index contributed by atoms with van der Waals surface area (Å²) < 4.78 is 13.8. The molecule has 1 aromatic carbocycles. The van der Waals surface area contributed by atoms with Gasteiger partial charge in [-0.25, -0.2) is 4.39 Å². The molecular formula is C20H21FN6O3. The van der Waals surface area contributed by atoms with Crippen LogP contribution in [0.15, 0.2) is 36.8 Å². The lowest BCUT2D eigenvalue weighted by Gasteiger charge is -2.21. The highest BCUT2D eigenvalue weighted by Gasteiger charge is 2.24. The number of carbonyl (C=O) groups excluding carboxylic acids is 2. The lowest BCUT2D eigenvalue weighted by Crippen LogP contribution is -2.32. The van der Waals surface area contributed by atoms with Crippen molar-refractivity contribution in [3.8, 4) is 5.75 Å². The van der Waals surface area contributed by atoms with Crippen molar-refractivity contribution in [1.82, 2.24) is 25.7 Å². The first-order valence-electron chi connectivity index (χ1n) is 9.19. The van der Waals surface area contributed by atoms with Crippen molar-refractivity contribution in [3.63, 3.8) is 0 Å². The standard InChI is InChI=1S/C20H21FN6O3/c1-10(2)17(15-9-23-27-26-15)24-19(29)12-4-5-16(28)18(11(12)3)25-20(30)13-6-7-22-8-14(13)21/h4-10,17,28H,1-3H3,(H,24,29)(H,25,30)(H,23,26,27)/t17-/m1/s1. The van der Waals surface area contributed by atoms with E-state index in [0.717, 1.165) is 6.20 Å². The molecule has 0 unspecified atom stereocenters. The van der Waals surface area contributed by atoms with Gasteiger partial charge in [0.2, 0.25) is 0 Å². The molecule has 0 aliphatic rings. The van der Waals surface area contributed by atoms with Gasteiger partial charge in [0.15, 0.2) is 5.82 Å². The second-order valence-electron chi connectivity index (χ2n) is 7.03. The number of nitrogens with zero attached hydrogens (tertiary/aromatic N) is 3. The maximum absolute atomic E-state index is 13.8. The largest absolute Gasteiger partial charge is 0.506 e. The summed E-state index contributed by atoms with van der Waals surface area (Å²) in [5.41, 5.74) is 0.942. The number of hydrogen-bond donors (Lipinski definition) is 4. The van der Waals surface area contributed by atoms with Crippen LogP contribution >= 0.6 is 0 Å². The monoisotopic (exact) mass is 412 g/mol. The Morgan fingerprint density at radius 1 is 1.13 bits per heavy atom. The summed E-state index contributed by atoms with van der Waals surface area (Å²) in [6, 6.07) is 3.57. The maximum Gasteiger partial charge on any atom is 0.258 e. The fourth-order valence-corrected chi connectivity index (χ4v) is 3.00. The number of benzene rings is 1. The van der Waals surface area contributed by atoms with Gasteiger partial charge < -0.3 is 15.7 Å². The van der Waals surface area contributed by atoms with Crippen LogP contribution in [0.4, 0.5) is 10.1 Å². The number of nitrogens with one attached hydrogen (secondary N) is 3. The number of halogens is 1. The quantitative estimate of drug-likeness (QED) is 0.460. The summed E-state index contributed by atoms with van der Waals surface area (Å²) in [6.07, 6.45) is 3.73. The van der Waals surface area contributed by atoms with E-state index in [4.69, 9.17) is 0 Å². The Hall–Kier alpha value is -3.82. The molecule has 0 saturated heterocycles. The average Bonchev–Trinajstić information content (AvgIpc) is 3.23. The molecular weight excluding hydrogens is 391 g/mol. The average molecular weight is 412 g/mol. The number of anilines is 1. The number of carbonyl (C=O) groups is 2. The molecule has 1 atom stereocenters. The molecule has 10 heteroatoms. The van der Waals surface area contributed by atoms with E-state index < -0.39 is 23.7 Å². The van der Waals surface area contributed by atoms with Crippen molar-refractivity contribution in [3.05, 3.63) is 65.0 Å². The van der Waals surface area contributed by atoms with E-state index in [9.17, 15) is 19.1 Å². The van der Waals surface area contributed by atoms with Crippen LogP contribution in [0.1, 0.15) is 51.9 Å². The van der Waals surface area contributed by atoms with E-state index in [0.29, 0.717) is 11.3 Å². The molecule has 2 aromatic heterocycles. The highest BCUT2D eigenvalue weighted by molar-refractivity contribution is 6.07. The first-order valence-corrected chi connectivity index (χ1v) is 9.19. The first kappa shape index (κ1) is 20.9.